The molecule has 6 nitrogen and oxygen atoms in total. The van der Waals surface area contributed by atoms with Crippen LogP contribution in [0.15, 0.2) is 59.7 Å². The van der Waals surface area contributed by atoms with Crippen LogP contribution >= 0.6 is 11.6 Å². The first-order valence-corrected chi connectivity index (χ1v) is 8.17. The SMILES string of the molecule is COc1ccc(OCC(=O)NN=Cc2cc3ccccc3nc2Cl)cc1. The fourth-order valence-corrected chi connectivity index (χ4v) is 2.42. The first-order chi connectivity index (χ1) is 12.7. The normalized spacial score (nSPS) is 10.8. The molecule has 0 fully saturated rings. The number of nitrogens with zero attached hydrogens (tertiary/aromatic N) is 2. The van der Waals surface area contributed by atoms with Crippen molar-refractivity contribution in [3.05, 3.63) is 65.3 Å². The second kappa shape index (κ2) is 8.31. The van der Waals surface area contributed by atoms with Gasteiger partial charge >= 0.3 is 0 Å². The van der Waals surface area contributed by atoms with Gasteiger partial charge in [0.2, 0.25) is 0 Å². The molecule has 1 N–H and O–H groups in total. The molecule has 7 heteroatoms. The number of hydrogen-bond donors (Lipinski definition) is 1. The Balaban J connectivity index is 1.56. The number of aromatic nitrogens is 1. The van der Waals surface area contributed by atoms with Gasteiger partial charge in [0.1, 0.15) is 16.7 Å². The van der Waals surface area contributed by atoms with E-state index in [1.54, 1.807) is 31.4 Å². The molecule has 0 aliphatic heterocycles. The van der Waals surface area contributed by atoms with Crippen molar-refractivity contribution in [3.63, 3.8) is 0 Å². The van der Waals surface area contributed by atoms with Crippen LogP contribution in [0.3, 0.4) is 0 Å². The largest absolute Gasteiger partial charge is 0.497 e. The van der Waals surface area contributed by atoms with Gasteiger partial charge in [-0.05, 0) is 36.4 Å². The summed E-state index contributed by atoms with van der Waals surface area (Å²) >= 11 is 6.13. The highest BCUT2D eigenvalue weighted by Gasteiger charge is 2.04. The number of methoxy groups -OCH3 is 1. The van der Waals surface area contributed by atoms with E-state index in [4.69, 9.17) is 21.1 Å². The summed E-state index contributed by atoms with van der Waals surface area (Å²) in [4.78, 5) is 16.1. The topological polar surface area (TPSA) is 72.8 Å². The third kappa shape index (κ3) is 4.49. The maximum Gasteiger partial charge on any atom is 0.277 e. The lowest BCUT2D eigenvalue weighted by Crippen LogP contribution is -2.24. The van der Waals surface area contributed by atoms with Crippen LogP contribution in [-0.2, 0) is 4.79 Å². The fraction of sp³-hybridized carbons (Fsp3) is 0.105. The average molecular weight is 370 g/mol. The summed E-state index contributed by atoms with van der Waals surface area (Å²) in [5, 5.41) is 5.15. The number of ether oxygens (including phenoxy) is 2. The molecule has 1 aromatic heterocycles. The predicted molar refractivity (Wildman–Crippen MR) is 101 cm³/mol. The van der Waals surface area contributed by atoms with Crippen LogP contribution in [0.4, 0.5) is 0 Å². The van der Waals surface area contributed by atoms with Crippen LogP contribution in [0.1, 0.15) is 5.56 Å². The molecule has 0 radical (unpaired) electrons. The number of para-hydroxylation sites is 1. The maximum absolute atomic E-state index is 11.8. The minimum Gasteiger partial charge on any atom is -0.497 e. The summed E-state index contributed by atoms with van der Waals surface area (Å²) < 4.78 is 10.4. The number of carbonyl (C=O) groups is 1. The summed E-state index contributed by atoms with van der Waals surface area (Å²) in [5.41, 5.74) is 3.80. The second-order valence-corrected chi connectivity index (χ2v) is 5.68. The predicted octanol–water partition coefficient (Wildman–Crippen LogP) is 3.43. The lowest BCUT2D eigenvalue weighted by atomic mass is 10.2. The Kier molecular flexibility index (Phi) is 5.66. The number of fused-ring (bicyclic) bond motifs is 1. The van der Waals surface area contributed by atoms with Gasteiger partial charge < -0.3 is 9.47 Å². The van der Waals surface area contributed by atoms with Crippen molar-refractivity contribution in [2.45, 2.75) is 0 Å². The molecule has 0 aliphatic rings. The molecule has 0 aliphatic carbocycles. The Morgan fingerprint density at radius 2 is 1.92 bits per heavy atom. The minimum atomic E-state index is -0.387. The van der Waals surface area contributed by atoms with Crippen molar-refractivity contribution >= 4 is 34.6 Å². The highest BCUT2D eigenvalue weighted by Crippen LogP contribution is 2.19. The molecular formula is C19H16ClN3O3. The van der Waals surface area contributed by atoms with Crippen LogP contribution in [0, 0.1) is 0 Å². The standard InChI is InChI=1S/C19H16ClN3O3/c1-25-15-6-8-16(9-7-15)26-12-18(24)23-21-11-14-10-13-4-2-3-5-17(13)22-19(14)20/h2-11H,12H2,1H3,(H,23,24). The van der Waals surface area contributed by atoms with Crippen molar-refractivity contribution < 1.29 is 14.3 Å². The number of amides is 1. The highest BCUT2D eigenvalue weighted by atomic mass is 35.5. The number of pyridine rings is 1. The van der Waals surface area contributed by atoms with E-state index in [0.717, 1.165) is 10.9 Å². The van der Waals surface area contributed by atoms with E-state index in [9.17, 15) is 4.79 Å². The molecule has 3 rings (SSSR count). The Labute approximate surface area is 155 Å². The zero-order valence-corrected chi connectivity index (χ0v) is 14.7. The molecule has 26 heavy (non-hydrogen) atoms. The fourth-order valence-electron chi connectivity index (χ4n) is 2.23. The van der Waals surface area contributed by atoms with E-state index in [2.05, 4.69) is 15.5 Å². The monoisotopic (exact) mass is 369 g/mol. The van der Waals surface area contributed by atoms with Crippen molar-refractivity contribution in [1.82, 2.24) is 10.4 Å². The molecule has 0 spiro atoms. The van der Waals surface area contributed by atoms with Gasteiger partial charge in [-0.25, -0.2) is 10.4 Å². The third-order valence-electron chi connectivity index (χ3n) is 3.53. The van der Waals surface area contributed by atoms with Crippen LogP contribution < -0.4 is 14.9 Å². The number of hydrogen-bond acceptors (Lipinski definition) is 5. The number of hydrazone groups is 1. The first-order valence-electron chi connectivity index (χ1n) is 7.80. The van der Waals surface area contributed by atoms with Crippen LogP contribution in [0.5, 0.6) is 11.5 Å². The number of carbonyl (C=O) groups excluding carboxylic acids is 1. The van der Waals surface area contributed by atoms with Crippen molar-refractivity contribution in [2.24, 2.45) is 5.10 Å². The van der Waals surface area contributed by atoms with E-state index in [0.29, 0.717) is 22.2 Å². The molecule has 2 aromatic carbocycles. The van der Waals surface area contributed by atoms with Gasteiger partial charge in [0.05, 0.1) is 18.8 Å². The van der Waals surface area contributed by atoms with Gasteiger partial charge in [-0.1, -0.05) is 29.8 Å². The molecule has 0 saturated heterocycles. The third-order valence-corrected chi connectivity index (χ3v) is 3.83. The average Bonchev–Trinajstić information content (AvgIpc) is 2.67. The lowest BCUT2D eigenvalue weighted by molar-refractivity contribution is -0.123. The van der Waals surface area contributed by atoms with E-state index in [1.807, 2.05) is 30.3 Å². The summed E-state index contributed by atoms with van der Waals surface area (Å²) in [6.45, 7) is -0.159. The Morgan fingerprint density at radius 3 is 2.69 bits per heavy atom. The van der Waals surface area contributed by atoms with Crippen molar-refractivity contribution in [2.75, 3.05) is 13.7 Å². The van der Waals surface area contributed by atoms with Gasteiger partial charge in [0.25, 0.3) is 5.91 Å². The molecule has 1 heterocycles. The summed E-state index contributed by atoms with van der Waals surface area (Å²) in [7, 11) is 1.58. The van der Waals surface area contributed by atoms with E-state index < -0.39 is 0 Å². The van der Waals surface area contributed by atoms with Crippen LogP contribution in [0.2, 0.25) is 5.15 Å². The van der Waals surface area contributed by atoms with Crippen LogP contribution in [0.25, 0.3) is 10.9 Å². The Morgan fingerprint density at radius 1 is 1.19 bits per heavy atom. The van der Waals surface area contributed by atoms with E-state index in [-0.39, 0.29) is 12.5 Å². The maximum atomic E-state index is 11.8. The second-order valence-electron chi connectivity index (χ2n) is 5.32. The molecule has 132 valence electrons. The number of benzene rings is 2. The Hall–Kier alpha value is -3.12. The quantitative estimate of drug-likeness (QED) is 0.410. The highest BCUT2D eigenvalue weighted by molar-refractivity contribution is 6.32. The number of nitrogens with one attached hydrogen (secondary N) is 1. The number of rotatable bonds is 6. The van der Waals surface area contributed by atoms with Crippen molar-refractivity contribution in [3.8, 4) is 11.5 Å². The number of halogens is 1. The molecule has 3 aromatic rings. The summed E-state index contributed by atoms with van der Waals surface area (Å²) in [6, 6.07) is 16.4. The molecule has 0 bridgehead atoms. The summed E-state index contributed by atoms with van der Waals surface area (Å²) in [5.74, 6) is 0.890. The minimum absolute atomic E-state index is 0.159. The smallest absolute Gasteiger partial charge is 0.277 e. The molecule has 0 saturated carbocycles. The lowest BCUT2D eigenvalue weighted by Gasteiger charge is -2.06. The van der Waals surface area contributed by atoms with E-state index >= 15 is 0 Å². The van der Waals surface area contributed by atoms with Gasteiger partial charge in [-0.15, -0.1) is 0 Å². The first kappa shape index (κ1) is 17.7. The molecular weight excluding hydrogens is 354 g/mol. The summed E-state index contributed by atoms with van der Waals surface area (Å²) in [6.07, 6.45) is 1.45. The molecule has 0 atom stereocenters. The zero-order chi connectivity index (χ0) is 18.4. The van der Waals surface area contributed by atoms with Gasteiger partial charge in [-0.3, -0.25) is 4.79 Å². The molecule has 1 amide bonds. The van der Waals surface area contributed by atoms with Gasteiger partial charge in [0, 0.05) is 10.9 Å². The van der Waals surface area contributed by atoms with E-state index in [1.165, 1.54) is 6.21 Å². The molecule has 0 unspecified atom stereocenters. The van der Waals surface area contributed by atoms with Gasteiger partial charge in [0.15, 0.2) is 6.61 Å². The van der Waals surface area contributed by atoms with Crippen molar-refractivity contribution in [1.29, 1.82) is 0 Å². The van der Waals surface area contributed by atoms with Crippen LogP contribution in [-0.4, -0.2) is 30.8 Å². The Bertz CT molecular complexity index is 942. The van der Waals surface area contributed by atoms with Gasteiger partial charge in [-0.2, -0.15) is 5.10 Å². The zero-order valence-electron chi connectivity index (χ0n) is 14.0.